The predicted octanol–water partition coefficient (Wildman–Crippen LogP) is 3.81. The molecular formula is C25H34N4O2. The quantitative estimate of drug-likeness (QED) is 0.755. The van der Waals surface area contributed by atoms with Crippen LogP contribution >= 0.6 is 0 Å². The molecule has 1 saturated carbocycles. The summed E-state index contributed by atoms with van der Waals surface area (Å²) in [6.45, 7) is 9.57. The molecule has 3 heterocycles. The molecule has 2 bridgehead atoms. The normalized spacial score (nSPS) is 27.6. The molecule has 1 amide bonds. The van der Waals surface area contributed by atoms with E-state index in [9.17, 15) is 9.59 Å². The van der Waals surface area contributed by atoms with Crippen LogP contribution in [0.1, 0.15) is 59.3 Å². The first-order valence-electron chi connectivity index (χ1n) is 11.8. The number of nitrogens with zero attached hydrogens (tertiary/aromatic N) is 4. The minimum absolute atomic E-state index is 0.0392. The molecular weight excluding hydrogens is 388 g/mol. The van der Waals surface area contributed by atoms with Gasteiger partial charge in [0.1, 0.15) is 6.54 Å². The molecule has 0 N–H and O–H groups in total. The first kappa shape index (κ1) is 20.5. The van der Waals surface area contributed by atoms with Crippen LogP contribution in [0.15, 0.2) is 29.1 Å². The highest BCUT2D eigenvalue weighted by Crippen LogP contribution is 2.52. The van der Waals surface area contributed by atoms with Crippen molar-refractivity contribution in [1.82, 2.24) is 14.5 Å². The van der Waals surface area contributed by atoms with Crippen molar-refractivity contribution in [2.24, 2.45) is 10.8 Å². The lowest BCUT2D eigenvalue weighted by Crippen LogP contribution is -2.42. The van der Waals surface area contributed by atoms with Crippen molar-refractivity contribution in [2.45, 2.75) is 71.9 Å². The number of rotatable bonds is 3. The molecule has 0 unspecified atom stereocenters. The fourth-order valence-corrected chi connectivity index (χ4v) is 6.61. The molecule has 31 heavy (non-hydrogen) atoms. The van der Waals surface area contributed by atoms with E-state index in [2.05, 4.69) is 25.7 Å². The first-order valence-corrected chi connectivity index (χ1v) is 11.8. The Morgan fingerprint density at radius 2 is 1.84 bits per heavy atom. The summed E-state index contributed by atoms with van der Waals surface area (Å²) in [5.41, 5.74) is 1.88. The highest BCUT2D eigenvalue weighted by Gasteiger charge is 2.50. The van der Waals surface area contributed by atoms with E-state index in [1.54, 1.807) is 4.57 Å². The lowest BCUT2D eigenvalue weighted by molar-refractivity contribution is -0.132. The van der Waals surface area contributed by atoms with Gasteiger partial charge in [-0.2, -0.15) is 0 Å². The van der Waals surface area contributed by atoms with Gasteiger partial charge in [0.05, 0.1) is 11.0 Å². The van der Waals surface area contributed by atoms with Gasteiger partial charge in [-0.25, -0.2) is 4.98 Å². The standard InChI is InChI=1S/C25H34N4O2/c1-24(2)13-18-14-25(3,16-24)17-29(18)22-23(31)28(20-10-6-5-9-19(20)26-22)15-21(30)27-11-7-4-8-12-27/h5-6,9-10,18H,4,7-8,11-17H2,1-3H3/t18-,25+/m0/s1. The summed E-state index contributed by atoms with van der Waals surface area (Å²) in [5.74, 6) is 0.564. The number of hydrogen-bond acceptors (Lipinski definition) is 4. The molecule has 1 aliphatic carbocycles. The number of para-hydroxylation sites is 2. The number of fused-ring (bicyclic) bond motifs is 3. The fourth-order valence-electron chi connectivity index (χ4n) is 6.61. The van der Waals surface area contributed by atoms with Crippen molar-refractivity contribution < 1.29 is 4.79 Å². The van der Waals surface area contributed by atoms with E-state index in [1.165, 1.54) is 12.8 Å². The lowest BCUT2D eigenvalue weighted by atomic mass is 9.65. The number of carbonyl (C=O) groups excluding carboxylic acids is 1. The van der Waals surface area contributed by atoms with Crippen LogP contribution in [-0.2, 0) is 11.3 Å². The second-order valence-corrected chi connectivity index (χ2v) is 11.1. The molecule has 6 heteroatoms. The van der Waals surface area contributed by atoms with Crippen molar-refractivity contribution in [3.8, 4) is 0 Å². The van der Waals surface area contributed by atoms with E-state index in [4.69, 9.17) is 4.98 Å². The number of likely N-dealkylation sites (tertiary alicyclic amines) is 1. The van der Waals surface area contributed by atoms with Crippen LogP contribution in [0.5, 0.6) is 0 Å². The molecule has 3 aliphatic rings. The third kappa shape index (κ3) is 3.74. The van der Waals surface area contributed by atoms with Crippen LogP contribution in [0.2, 0.25) is 0 Å². The summed E-state index contributed by atoms with van der Waals surface area (Å²) < 4.78 is 1.67. The summed E-state index contributed by atoms with van der Waals surface area (Å²) in [4.78, 5) is 35.8. The third-order valence-corrected chi connectivity index (χ3v) is 7.52. The molecule has 2 aromatic rings. The van der Waals surface area contributed by atoms with E-state index in [1.807, 2.05) is 29.2 Å². The maximum absolute atomic E-state index is 13.7. The van der Waals surface area contributed by atoms with E-state index < -0.39 is 0 Å². The van der Waals surface area contributed by atoms with Gasteiger partial charge in [-0.3, -0.25) is 14.2 Å². The van der Waals surface area contributed by atoms with E-state index in [0.717, 1.165) is 56.4 Å². The Bertz CT molecular complexity index is 1070. The Morgan fingerprint density at radius 1 is 1.10 bits per heavy atom. The maximum Gasteiger partial charge on any atom is 0.294 e. The number of anilines is 1. The average Bonchev–Trinajstić information content (AvgIpc) is 2.98. The third-order valence-electron chi connectivity index (χ3n) is 7.52. The van der Waals surface area contributed by atoms with Gasteiger partial charge in [0.25, 0.3) is 5.56 Å². The fraction of sp³-hybridized carbons (Fsp3) is 0.640. The second kappa shape index (κ2) is 7.35. The molecule has 6 nitrogen and oxygen atoms in total. The number of benzene rings is 1. The smallest absolute Gasteiger partial charge is 0.294 e. The molecule has 1 aromatic heterocycles. The van der Waals surface area contributed by atoms with Gasteiger partial charge in [0.15, 0.2) is 5.82 Å². The topological polar surface area (TPSA) is 58.4 Å². The zero-order chi connectivity index (χ0) is 21.8. The van der Waals surface area contributed by atoms with Crippen LogP contribution in [-0.4, -0.2) is 46.0 Å². The van der Waals surface area contributed by atoms with Crippen LogP contribution in [0.25, 0.3) is 11.0 Å². The lowest BCUT2D eigenvalue weighted by Gasteiger charge is -2.39. The minimum Gasteiger partial charge on any atom is -0.348 e. The summed E-state index contributed by atoms with van der Waals surface area (Å²) in [5, 5.41) is 0. The number of piperidine rings is 1. The SMILES string of the molecule is CC1(C)C[C@H]2C[C@@](C)(CN2c2nc3ccccc3n(CC(=O)N3CCCCC3)c2=O)C1. The van der Waals surface area contributed by atoms with Crippen molar-refractivity contribution in [3.05, 3.63) is 34.6 Å². The Balaban J connectivity index is 1.55. The van der Waals surface area contributed by atoms with Gasteiger partial charge in [-0.15, -0.1) is 0 Å². The molecule has 3 fully saturated rings. The van der Waals surface area contributed by atoms with Crippen molar-refractivity contribution in [2.75, 3.05) is 24.5 Å². The molecule has 2 atom stereocenters. The van der Waals surface area contributed by atoms with Crippen molar-refractivity contribution in [1.29, 1.82) is 0 Å². The number of aromatic nitrogens is 2. The Morgan fingerprint density at radius 3 is 2.61 bits per heavy atom. The number of carbonyl (C=O) groups is 1. The Hall–Kier alpha value is -2.37. The highest BCUT2D eigenvalue weighted by atomic mass is 16.2. The number of amides is 1. The molecule has 2 saturated heterocycles. The van der Waals surface area contributed by atoms with E-state index >= 15 is 0 Å². The van der Waals surface area contributed by atoms with Crippen LogP contribution < -0.4 is 10.5 Å². The van der Waals surface area contributed by atoms with Crippen LogP contribution in [0.4, 0.5) is 5.82 Å². The maximum atomic E-state index is 13.7. The summed E-state index contributed by atoms with van der Waals surface area (Å²) in [6.07, 6.45) is 6.62. The average molecular weight is 423 g/mol. The first-order chi connectivity index (χ1) is 14.7. The van der Waals surface area contributed by atoms with E-state index in [0.29, 0.717) is 11.9 Å². The van der Waals surface area contributed by atoms with Gasteiger partial charge < -0.3 is 9.80 Å². The molecule has 2 aliphatic heterocycles. The summed E-state index contributed by atoms with van der Waals surface area (Å²) in [7, 11) is 0. The zero-order valence-electron chi connectivity index (χ0n) is 19.1. The molecule has 1 aromatic carbocycles. The summed E-state index contributed by atoms with van der Waals surface area (Å²) >= 11 is 0. The monoisotopic (exact) mass is 422 g/mol. The predicted molar refractivity (Wildman–Crippen MR) is 123 cm³/mol. The highest BCUT2D eigenvalue weighted by molar-refractivity contribution is 5.81. The zero-order valence-corrected chi connectivity index (χ0v) is 19.1. The van der Waals surface area contributed by atoms with Gasteiger partial charge in [-0.1, -0.05) is 32.9 Å². The Kier molecular flexibility index (Phi) is 4.87. The molecule has 5 rings (SSSR count). The molecule has 0 radical (unpaired) electrons. The molecule has 166 valence electrons. The largest absolute Gasteiger partial charge is 0.348 e. The second-order valence-electron chi connectivity index (χ2n) is 11.1. The molecule has 0 spiro atoms. The van der Waals surface area contributed by atoms with Gasteiger partial charge in [0, 0.05) is 25.7 Å². The summed E-state index contributed by atoms with van der Waals surface area (Å²) in [6, 6.07) is 8.06. The van der Waals surface area contributed by atoms with Crippen LogP contribution in [0, 0.1) is 10.8 Å². The van der Waals surface area contributed by atoms with Crippen molar-refractivity contribution >= 4 is 22.8 Å². The van der Waals surface area contributed by atoms with Crippen molar-refractivity contribution in [3.63, 3.8) is 0 Å². The number of hydrogen-bond donors (Lipinski definition) is 0. The van der Waals surface area contributed by atoms with Gasteiger partial charge in [-0.05, 0) is 61.5 Å². The van der Waals surface area contributed by atoms with Gasteiger partial charge in [0.2, 0.25) is 5.91 Å². The van der Waals surface area contributed by atoms with Gasteiger partial charge >= 0.3 is 0 Å². The van der Waals surface area contributed by atoms with E-state index in [-0.39, 0.29) is 28.8 Å². The van der Waals surface area contributed by atoms with Crippen LogP contribution in [0.3, 0.4) is 0 Å². The Labute approximate surface area is 184 Å². The minimum atomic E-state index is -0.127.